The van der Waals surface area contributed by atoms with Crippen molar-refractivity contribution < 1.29 is 23.6 Å². The fourth-order valence-electron chi connectivity index (χ4n) is 1.29. The number of rotatable bonds is 6. The van der Waals surface area contributed by atoms with E-state index in [4.69, 9.17) is 22.1 Å². The third-order valence-corrected chi connectivity index (χ3v) is 2.63. The van der Waals surface area contributed by atoms with E-state index in [1.807, 2.05) is 32.0 Å². The van der Waals surface area contributed by atoms with Crippen molar-refractivity contribution in [3.8, 4) is 0 Å². The van der Waals surface area contributed by atoms with Crippen molar-refractivity contribution in [1.29, 1.82) is 0 Å². The van der Waals surface area contributed by atoms with Crippen LogP contribution in [0.2, 0.25) is 0 Å². The lowest BCUT2D eigenvalue weighted by Gasteiger charge is -2.09. The topological polar surface area (TPSA) is 18.5 Å². The lowest BCUT2D eigenvalue weighted by atomic mass is 10.1. The summed E-state index contributed by atoms with van der Waals surface area (Å²) in [6.45, 7) is 6.57. The lowest BCUT2D eigenvalue weighted by Crippen LogP contribution is -1.98. The third-order valence-electron chi connectivity index (χ3n) is 2.10. The van der Waals surface area contributed by atoms with E-state index in [0.29, 0.717) is 26.4 Å². The molecule has 0 bridgehead atoms. The molecule has 18 heavy (non-hydrogen) atoms. The van der Waals surface area contributed by atoms with Crippen molar-refractivity contribution in [2.45, 2.75) is 32.0 Å². The van der Waals surface area contributed by atoms with Crippen LogP contribution in [0.1, 0.15) is 25.0 Å². The summed E-state index contributed by atoms with van der Waals surface area (Å²) in [6, 6.07) is 6.01. The van der Waals surface area contributed by atoms with Gasteiger partial charge in [0.15, 0.2) is 0 Å². The highest BCUT2D eigenvalue weighted by Crippen LogP contribution is 2.20. The van der Waals surface area contributed by atoms with Crippen LogP contribution in [0.15, 0.2) is 23.1 Å². The van der Waals surface area contributed by atoms with Gasteiger partial charge in [0.1, 0.15) is 0 Å². The summed E-state index contributed by atoms with van der Waals surface area (Å²) < 4.78 is 10.7. The Balaban J connectivity index is -0.000000750. The monoisotopic (exact) mass is 285 g/mol. The minimum atomic E-state index is 0. The highest BCUT2D eigenvalue weighted by molar-refractivity contribution is 7.80. The first-order valence-corrected chi connectivity index (χ1v) is 5.63. The second kappa shape index (κ2) is 12.6. The Bertz CT molecular complexity index is 285. The SMILES string of the molecule is CCOCc1cccc(COCC)c1[S].F.F.F. The van der Waals surface area contributed by atoms with Crippen LogP contribution in [0, 0.1) is 0 Å². The maximum atomic E-state index is 5.36. The first-order valence-electron chi connectivity index (χ1n) is 5.22. The molecular weight excluding hydrogens is 265 g/mol. The van der Waals surface area contributed by atoms with Crippen molar-refractivity contribution in [1.82, 2.24) is 0 Å². The first kappa shape index (κ1) is 22.3. The summed E-state index contributed by atoms with van der Waals surface area (Å²) >= 11 is 5.36. The van der Waals surface area contributed by atoms with Crippen LogP contribution in [0.4, 0.5) is 14.1 Å². The molecule has 0 atom stereocenters. The summed E-state index contributed by atoms with van der Waals surface area (Å²) in [5, 5.41) is 0. The van der Waals surface area contributed by atoms with Gasteiger partial charge in [0.25, 0.3) is 0 Å². The molecule has 1 aromatic rings. The highest BCUT2D eigenvalue weighted by Gasteiger charge is 2.05. The largest absolute Gasteiger partial charge is 0.377 e. The van der Waals surface area contributed by atoms with E-state index in [0.717, 1.165) is 16.0 Å². The molecule has 0 saturated heterocycles. The minimum Gasteiger partial charge on any atom is -0.377 e. The molecule has 0 N–H and O–H groups in total. The van der Waals surface area contributed by atoms with Crippen molar-refractivity contribution in [3.63, 3.8) is 0 Å². The van der Waals surface area contributed by atoms with Gasteiger partial charge < -0.3 is 9.47 Å². The molecule has 1 rings (SSSR count). The van der Waals surface area contributed by atoms with Crippen LogP contribution in [0.25, 0.3) is 0 Å². The summed E-state index contributed by atoms with van der Waals surface area (Å²) in [5.74, 6) is 0. The molecular formula is C12H20F3O2S. The fraction of sp³-hybridized carbons (Fsp3) is 0.500. The standard InChI is InChI=1S/C12H17O2S.3FH/c1-3-13-8-10-6-5-7-11(12(10)15)9-14-4-2;;;/h5-7H,3-4,8-9H2,1-2H3;3*1H. The molecule has 1 radical (unpaired) electrons. The maximum absolute atomic E-state index is 5.36. The van der Waals surface area contributed by atoms with Gasteiger partial charge >= 0.3 is 0 Å². The van der Waals surface area contributed by atoms with E-state index in [-0.39, 0.29) is 14.1 Å². The molecule has 6 heteroatoms. The predicted octanol–water partition coefficient (Wildman–Crippen LogP) is 3.77. The Hall–Kier alpha value is -0.850. The van der Waals surface area contributed by atoms with Crippen LogP contribution >= 0.6 is 12.6 Å². The van der Waals surface area contributed by atoms with E-state index in [9.17, 15) is 0 Å². The van der Waals surface area contributed by atoms with Crippen LogP contribution in [0.5, 0.6) is 0 Å². The van der Waals surface area contributed by atoms with Crippen LogP contribution < -0.4 is 0 Å². The van der Waals surface area contributed by atoms with Crippen molar-refractivity contribution >= 4 is 12.6 Å². The zero-order valence-electron chi connectivity index (χ0n) is 10.5. The molecule has 0 fully saturated rings. The number of halogens is 3. The lowest BCUT2D eigenvalue weighted by molar-refractivity contribution is 0.127. The van der Waals surface area contributed by atoms with Gasteiger partial charge in [-0.3, -0.25) is 14.1 Å². The number of hydrogen-bond donors (Lipinski definition) is 0. The van der Waals surface area contributed by atoms with E-state index < -0.39 is 0 Å². The van der Waals surface area contributed by atoms with Gasteiger partial charge in [-0.15, -0.1) is 0 Å². The Labute approximate surface area is 111 Å². The van der Waals surface area contributed by atoms with Gasteiger partial charge in [-0.05, 0) is 25.0 Å². The van der Waals surface area contributed by atoms with E-state index in [1.54, 1.807) is 0 Å². The molecule has 1 aromatic carbocycles. The Morgan fingerprint density at radius 2 is 1.28 bits per heavy atom. The number of benzene rings is 1. The molecule has 0 spiro atoms. The summed E-state index contributed by atoms with van der Waals surface area (Å²) in [4.78, 5) is 0.874. The van der Waals surface area contributed by atoms with Gasteiger partial charge in [-0.1, -0.05) is 30.8 Å². The van der Waals surface area contributed by atoms with Crippen LogP contribution in [0.3, 0.4) is 0 Å². The molecule has 0 aliphatic heterocycles. The molecule has 0 unspecified atom stereocenters. The van der Waals surface area contributed by atoms with Gasteiger partial charge in [0, 0.05) is 18.1 Å². The van der Waals surface area contributed by atoms with E-state index in [1.165, 1.54) is 0 Å². The number of ether oxygens (including phenoxy) is 2. The highest BCUT2D eigenvalue weighted by atomic mass is 32.1. The van der Waals surface area contributed by atoms with Gasteiger partial charge in [0.05, 0.1) is 13.2 Å². The van der Waals surface area contributed by atoms with E-state index in [2.05, 4.69) is 0 Å². The fourth-order valence-corrected chi connectivity index (χ4v) is 1.54. The summed E-state index contributed by atoms with van der Waals surface area (Å²) in [5.41, 5.74) is 2.15. The van der Waals surface area contributed by atoms with Crippen molar-refractivity contribution in [2.24, 2.45) is 0 Å². The average Bonchev–Trinajstić information content (AvgIpc) is 2.26. The molecule has 0 amide bonds. The van der Waals surface area contributed by atoms with Gasteiger partial charge in [0.2, 0.25) is 0 Å². The zero-order valence-corrected chi connectivity index (χ0v) is 11.3. The second-order valence-corrected chi connectivity index (χ2v) is 3.59. The molecule has 2 nitrogen and oxygen atoms in total. The Morgan fingerprint density at radius 3 is 1.61 bits per heavy atom. The molecule has 0 saturated carbocycles. The normalized spacial score (nSPS) is 8.78. The first-order chi connectivity index (χ1) is 7.29. The third kappa shape index (κ3) is 6.78. The molecule has 107 valence electrons. The van der Waals surface area contributed by atoms with Gasteiger partial charge in [-0.25, -0.2) is 0 Å². The predicted molar refractivity (Wildman–Crippen MR) is 70.5 cm³/mol. The zero-order chi connectivity index (χ0) is 11.1. The average molecular weight is 285 g/mol. The van der Waals surface area contributed by atoms with Gasteiger partial charge in [-0.2, -0.15) is 0 Å². The number of hydrogen-bond acceptors (Lipinski definition) is 2. The minimum absolute atomic E-state index is 0. The molecule has 0 aliphatic carbocycles. The van der Waals surface area contributed by atoms with E-state index >= 15 is 0 Å². The molecule has 0 aliphatic rings. The van der Waals surface area contributed by atoms with Crippen LogP contribution in [-0.4, -0.2) is 13.2 Å². The van der Waals surface area contributed by atoms with Crippen molar-refractivity contribution in [3.05, 3.63) is 29.3 Å². The second-order valence-electron chi connectivity index (χ2n) is 3.18. The summed E-state index contributed by atoms with van der Waals surface area (Å²) in [6.07, 6.45) is 0. The Kier molecular flexibility index (Phi) is 15.6. The smallest absolute Gasteiger partial charge is 0.0730 e. The molecule has 0 heterocycles. The summed E-state index contributed by atoms with van der Waals surface area (Å²) in [7, 11) is 0. The quantitative estimate of drug-likeness (QED) is 0.792. The van der Waals surface area contributed by atoms with Crippen LogP contribution in [-0.2, 0) is 22.7 Å². The maximum Gasteiger partial charge on any atom is 0.0730 e. The Morgan fingerprint density at radius 1 is 0.889 bits per heavy atom. The molecule has 0 aromatic heterocycles. The van der Waals surface area contributed by atoms with Crippen molar-refractivity contribution in [2.75, 3.05) is 13.2 Å².